The van der Waals surface area contributed by atoms with E-state index in [-0.39, 0.29) is 25.6 Å². The summed E-state index contributed by atoms with van der Waals surface area (Å²) < 4.78 is 26.2. The monoisotopic (exact) mass is 732 g/mol. The Morgan fingerprint density at radius 3 is 1.76 bits per heavy atom. The molecule has 0 unspecified atom stereocenters. The summed E-state index contributed by atoms with van der Waals surface area (Å²) in [6, 6.07) is 0. The number of ether oxygens (including phenoxy) is 2. The number of esters is 2. The van der Waals surface area contributed by atoms with Gasteiger partial charge < -0.3 is 24.4 Å². The smallest absolute Gasteiger partial charge is 0.462 e. The van der Waals surface area contributed by atoms with Gasteiger partial charge in [0.05, 0.1) is 12.7 Å². The molecule has 0 radical (unpaired) electrons. The van der Waals surface area contributed by atoms with Crippen molar-refractivity contribution in [2.24, 2.45) is 0 Å². The number of hydrogen-bond donors (Lipinski definition) is 3. The molecule has 0 heterocycles. The van der Waals surface area contributed by atoms with Crippen molar-refractivity contribution in [1.29, 1.82) is 0 Å². The molecule has 0 bridgehead atoms. The van der Waals surface area contributed by atoms with Gasteiger partial charge in [0.25, 0.3) is 0 Å². The molecule has 288 valence electrons. The third-order valence-electron chi connectivity index (χ3n) is 7.19. The maximum atomic E-state index is 12.3. The van der Waals surface area contributed by atoms with Crippen molar-refractivity contribution in [3.8, 4) is 0 Å². The highest BCUT2D eigenvalue weighted by Gasteiger charge is 2.22. The molecule has 51 heavy (non-hydrogen) atoms. The van der Waals surface area contributed by atoms with Crippen molar-refractivity contribution in [3.05, 3.63) is 97.2 Å². The van der Waals surface area contributed by atoms with Gasteiger partial charge in [-0.2, -0.15) is 0 Å². The number of phosphoric acid groups is 1. The number of rotatable bonds is 32. The molecule has 0 aromatic rings. The number of aliphatic hydroxyl groups is 1. The molecule has 0 aliphatic rings. The summed E-state index contributed by atoms with van der Waals surface area (Å²) in [5, 5.41) is 9.86. The predicted octanol–water partition coefficient (Wildman–Crippen LogP) is 10.0. The van der Waals surface area contributed by atoms with Crippen LogP contribution in [0.3, 0.4) is 0 Å². The van der Waals surface area contributed by atoms with E-state index in [1.165, 1.54) is 0 Å². The summed E-state index contributed by atoms with van der Waals surface area (Å²) in [6.45, 7) is 3.33. The van der Waals surface area contributed by atoms with Gasteiger partial charge in [-0.25, -0.2) is 4.57 Å². The summed E-state index contributed by atoms with van der Waals surface area (Å²) in [4.78, 5) is 42.7. The van der Waals surface area contributed by atoms with Crippen LogP contribution in [-0.4, -0.2) is 52.3 Å². The summed E-state index contributed by atoms with van der Waals surface area (Å²) in [6.07, 6.45) is 44.6. The van der Waals surface area contributed by atoms with Crippen LogP contribution in [0.25, 0.3) is 0 Å². The van der Waals surface area contributed by atoms with Crippen molar-refractivity contribution in [3.63, 3.8) is 0 Å². The van der Waals surface area contributed by atoms with Crippen LogP contribution >= 0.6 is 7.82 Å². The molecule has 0 spiro atoms. The lowest BCUT2D eigenvalue weighted by atomic mass is 10.1. The second-order valence-corrected chi connectivity index (χ2v) is 13.2. The highest BCUT2D eigenvalue weighted by molar-refractivity contribution is 7.46. The minimum atomic E-state index is -4.79. The summed E-state index contributed by atoms with van der Waals surface area (Å²) in [5.74, 6) is -1.04. The molecule has 2 atom stereocenters. The quantitative estimate of drug-likeness (QED) is 0.0203. The van der Waals surface area contributed by atoms with Crippen molar-refractivity contribution in [2.75, 3.05) is 13.2 Å². The molecule has 3 N–H and O–H groups in total. The lowest BCUT2D eigenvalue weighted by Gasteiger charge is -2.18. The van der Waals surface area contributed by atoms with Gasteiger partial charge in [-0.3, -0.25) is 14.1 Å². The number of phosphoric ester groups is 1. The Hall–Kier alpha value is -3.07. The third kappa shape index (κ3) is 38.0. The van der Waals surface area contributed by atoms with E-state index >= 15 is 0 Å². The molecule has 0 fully saturated rings. The van der Waals surface area contributed by atoms with Gasteiger partial charge in [0, 0.05) is 12.8 Å². The average Bonchev–Trinajstić information content (AvgIpc) is 3.09. The fourth-order valence-corrected chi connectivity index (χ4v) is 4.77. The maximum absolute atomic E-state index is 12.3. The number of hydrogen-bond acceptors (Lipinski definition) is 7. The Bertz CT molecular complexity index is 1160. The van der Waals surface area contributed by atoms with Crippen LogP contribution in [0.1, 0.15) is 123 Å². The first-order chi connectivity index (χ1) is 24.7. The van der Waals surface area contributed by atoms with E-state index in [2.05, 4.69) is 79.1 Å². The Balaban J connectivity index is 4.22. The van der Waals surface area contributed by atoms with Gasteiger partial charge in [-0.15, -0.1) is 0 Å². The van der Waals surface area contributed by atoms with Gasteiger partial charge in [0.15, 0.2) is 6.10 Å². The van der Waals surface area contributed by atoms with Crippen LogP contribution in [0.4, 0.5) is 0 Å². The van der Waals surface area contributed by atoms with Gasteiger partial charge in [0.1, 0.15) is 6.61 Å². The second-order valence-electron chi connectivity index (χ2n) is 12.0. The van der Waals surface area contributed by atoms with Gasteiger partial charge in [-0.1, -0.05) is 130 Å². The zero-order chi connectivity index (χ0) is 37.7. The van der Waals surface area contributed by atoms with Gasteiger partial charge in [-0.05, 0) is 77.0 Å². The summed E-state index contributed by atoms with van der Waals surface area (Å²) in [5.41, 5.74) is 0. The Labute approximate surface area is 307 Å². The number of allylic oxidation sites excluding steroid dienone is 15. The lowest BCUT2D eigenvalue weighted by Crippen LogP contribution is -2.29. The highest BCUT2D eigenvalue weighted by Crippen LogP contribution is 2.35. The fraction of sp³-hybridized carbons (Fsp3) is 0.561. The molecule has 0 aromatic carbocycles. The Kier molecular flexibility index (Phi) is 33.2. The van der Waals surface area contributed by atoms with Crippen molar-refractivity contribution in [2.45, 2.75) is 135 Å². The number of unbranched alkanes of at least 4 members (excludes halogenated alkanes) is 5. The zero-order valence-electron chi connectivity index (χ0n) is 31.1. The van der Waals surface area contributed by atoms with Crippen LogP contribution in [0.2, 0.25) is 0 Å². The lowest BCUT2D eigenvalue weighted by molar-refractivity contribution is -0.161. The van der Waals surface area contributed by atoms with Gasteiger partial charge >= 0.3 is 19.8 Å². The zero-order valence-corrected chi connectivity index (χ0v) is 32.0. The first kappa shape index (κ1) is 47.9. The van der Waals surface area contributed by atoms with Crippen LogP contribution < -0.4 is 0 Å². The van der Waals surface area contributed by atoms with Crippen molar-refractivity contribution < 1.29 is 43.0 Å². The molecule has 0 saturated heterocycles. The van der Waals surface area contributed by atoms with Crippen LogP contribution in [-0.2, 0) is 28.2 Å². The van der Waals surface area contributed by atoms with Crippen LogP contribution in [0.15, 0.2) is 97.2 Å². The topological polar surface area (TPSA) is 140 Å². The molecule has 0 saturated carbocycles. The normalized spacial score (nSPS) is 14.2. The van der Waals surface area contributed by atoms with E-state index in [0.717, 1.165) is 77.0 Å². The number of aliphatic hydroxyl groups excluding tert-OH is 1. The maximum Gasteiger partial charge on any atom is 0.469 e. The molecule has 0 aromatic heterocycles. The molecule has 0 rings (SSSR count). The van der Waals surface area contributed by atoms with Crippen LogP contribution in [0, 0.1) is 0 Å². The van der Waals surface area contributed by atoms with E-state index in [1.54, 1.807) is 0 Å². The average molecular weight is 733 g/mol. The van der Waals surface area contributed by atoms with E-state index in [1.807, 2.05) is 36.5 Å². The summed E-state index contributed by atoms with van der Waals surface area (Å²) >= 11 is 0. The molecule has 0 aliphatic heterocycles. The SMILES string of the molecule is CC/C=C\C/C=C\C/C=C\C/C=C\CCCCC(=O)O[C@H](COC(=O)CCC/C=C\C/C=C\C/C=C\C=C\[C@H](O)CCCCC)COP(=O)(O)O. The molecule has 10 heteroatoms. The minimum absolute atomic E-state index is 0.133. The molecule has 0 amide bonds. The molecular formula is C41H65O9P. The first-order valence-electron chi connectivity index (χ1n) is 18.6. The molecular weight excluding hydrogens is 667 g/mol. The van der Waals surface area contributed by atoms with Crippen LogP contribution in [0.5, 0.6) is 0 Å². The third-order valence-corrected chi connectivity index (χ3v) is 7.68. The van der Waals surface area contributed by atoms with E-state index in [9.17, 15) is 19.3 Å². The van der Waals surface area contributed by atoms with E-state index in [0.29, 0.717) is 19.3 Å². The second kappa shape index (κ2) is 35.3. The highest BCUT2D eigenvalue weighted by atomic mass is 31.2. The van der Waals surface area contributed by atoms with E-state index < -0.39 is 32.5 Å². The first-order valence-corrected chi connectivity index (χ1v) is 20.2. The number of carbonyl (C=O) groups excluding carboxylic acids is 2. The van der Waals surface area contributed by atoms with Gasteiger partial charge in [0.2, 0.25) is 0 Å². The Morgan fingerprint density at radius 1 is 0.627 bits per heavy atom. The minimum Gasteiger partial charge on any atom is -0.462 e. The summed E-state index contributed by atoms with van der Waals surface area (Å²) in [7, 11) is -4.79. The predicted molar refractivity (Wildman–Crippen MR) is 208 cm³/mol. The van der Waals surface area contributed by atoms with Crippen molar-refractivity contribution >= 4 is 19.8 Å². The largest absolute Gasteiger partial charge is 0.469 e. The van der Waals surface area contributed by atoms with Crippen molar-refractivity contribution in [1.82, 2.24) is 0 Å². The molecule has 9 nitrogen and oxygen atoms in total. The fourth-order valence-electron chi connectivity index (χ4n) is 4.41. The van der Waals surface area contributed by atoms with E-state index in [4.69, 9.17) is 19.3 Å². The number of carbonyl (C=O) groups is 2. The molecule has 0 aliphatic carbocycles. The standard InChI is InChI=1S/C41H65O9P/c1-3-5-7-8-9-10-11-12-13-14-17-21-24-27-31-35-41(44)50-39(37-49-51(45,46)47)36-48-40(43)34-30-26-23-20-18-15-16-19-22-25-29-33-38(42)32-28-6-4-2/h5,7,9-10,12-13,15-17,20-23,25,29,33,38-39,42H,3-4,6,8,11,14,18-19,24,26-28,30-32,34-37H2,1-2H3,(H2,45,46,47)/b7-5-,10-9-,13-12-,16-15-,21-17-,23-20-,25-22-,33-29+/t38-,39-/m1/s1. The Morgan fingerprint density at radius 2 is 1.18 bits per heavy atom.